The van der Waals surface area contributed by atoms with E-state index in [2.05, 4.69) is 0 Å². The van der Waals surface area contributed by atoms with Gasteiger partial charge in [0.15, 0.2) is 5.78 Å². The van der Waals surface area contributed by atoms with Gasteiger partial charge in [0.2, 0.25) is 0 Å². The van der Waals surface area contributed by atoms with Crippen LogP contribution in [-0.4, -0.2) is 46.0 Å². The van der Waals surface area contributed by atoms with Gasteiger partial charge in [-0.2, -0.15) is 5.26 Å². The topological polar surface area (TPSA) is 125 Å². The van der Waals surface area contributed by atoms with E-state index in [0.29, 0.717) is 17.7 Å². The lowest BCUT2D eigenvalue weighted by Crippen LogP contribution is -2.41. The van der Waals surface area contributed by atoms with E-state index in [0.717, 1.165) is 17.7 Å². The van der Waals surface area contributed by atoms with Crippen LogP contribution in [0.3, 0.4) is 0 Å². The molecule has 2 N–H and O–H groups in total. The normalized spacial score (nSPS) is 20.5. The van der Waals surface area contributed by atoms with E-state index in [1.807, 2.05) is 0 Å². The molecule has 4 amide bonds. The highest BCUT2D eigenvalue weighted by Gasteiger charge is 2.48. The average molecular weight is 304 g/mol. The number of urea groups is 1. The highest BCUT2D eigenvalue weighted by atomic mass is 16.2. The van der Waals surface area contributed by atoms with Crippen LogP contribution in [0.5, 0.6) is 0 Å². The Hall–Kier alpha value is -2.69. The van der Waals surface area contributed by atoms with Crippen LogP contribution >= 0.6 is 0 Å². The number of nitrogens with zero attached hydrogens (tertiary/aromatic N) is 3. The Labute approximate surface area is 127 Å². The summed E-state index contributed by atoms with van der Waals surface area (Å²) in [5.41, 5.74) is 5.11. The number of carbonyl (C=O) groups excluding carboxylic acids is 4. The van der Waals surface area contributed by atoms with Crippen LogP contribution in [0.4, 0.5) is 4.79 Å². The molecule has 1 saturated heterocycles. The summed E-state index contributed by atoms with van der Waals surface area (Å²) < 4.78 is 0. The van der Waals surface area contributed by atoms with Crippen LogP contribution in [0, 0.1) is 11.3 Å². The monoisotopic (exact) mass is 304 g/mol. The van der Waals surface area contributed by atoms with Crippen LogP contribution in [0.15, 0.2) is 11.3 Å². The number of hydrogen-bond donors (Lipinski definition) is 1. The minimum absolute atomic E-state index is 0.00516. The molecule has 1 saturated carbocycles. The van der Waals surface area contributed by atoms with E-state index >= 15 is 0 Å². The highest BCUT2D eigenvalue weighted by molar-refractivity contribution is 6.45. The Morgan fingerprint density at radius 2 is 1.86 bits per heavy atom. The standard InChI is InChI=1S/C14H16N4O4/c1-8(16)10(6-15)11(19)7-17-12(20)13(21)18(14(17)22)9-4-2-3-5-9/h9H,2-5,7,16H2,1H3/b10-8-. The molecule has 0 radical (unpaired) electrons. The van der Waals surface area contributed by atoms with Crippen LogP contribution < -0.4 is 5.73 Å². The molecule has 0 aromatic heterocycles. The first-order valence-electron chi connectivity index (χ1n) is 6.97. The smallest absolute Gasteiger partial charge is 0.334 e. The molecule has 0 aromatic rings. The molecule has 1 heterocycles. The predicted octanol–water partition coefficient (Wildman–Crippen LogP) is 0.0452. The number of Topliss-reactive ketones (excluding diaryl/α,β-unsaturated/α-hetero) is 1. The molecule has 1 aliphatic carbocycles. The second-order valence-corrected chi connectivity index (χ2v) is 5.38. The summed E-state index contributed by atoms with van der Waals surface area (Å²) >= 11 is 0. The van der Waals surface area contributed by atoms with Crippen LogP contribution in [0.2, 0.25) is 0 Å². The first kappa shape index (κ1) is 15.7. The maximum atomic E-state index is 12.3. The molecule has 8 heteroatoms. The number of amides is 4. The Bertz CT molecular complexity index is 621. The fourth-order valence-electron chi connectivity index (χ4n) is 2.74. The molecule has 1 aliphatic heterocycles. The summed E-state index contributed by atoms with van der Waals surface area (Å²) in [6.45, 7) is 0.726. The van der Waals surface area contributed by atoms with Gasteiger partial charge in [-0.1, -0.05) is 12.8 Å². The Kier molecular flexibility index (Phi) is 4.26. The molecule has 116 valence electrons. The fourth-order valence-corrected chi connectivity index (χ4v) is 2.74. The Morgan fingerprint density at radius 1 is 1.27 bits per heavy atom. The third-order valence-corrected chi connectivity index (χ3v) is 3.86. The Balaban J connectivity index is 2.19. The van der Waals surface area contributed by atoms with Gasteiger partial charge < -0.3 is 5.73 Å². The maximum absolute atomic E-state index is 12.3. The molecule has 2 aliphatic rings. The number of nitrogens with two attached hydrogens (primary N) is 1. The van der Waals surface area contributed by atoms with Crippen molar-refractivity contribution in [3.63, 3.8) is 0 Å². The van der Waals surface area contributed by atoms with Crippen molar-refractivity contribution in [2.45, 2.75) is 38.6 Å². The molecule has 0 atom stereocenters. The largest absolute Gasteiger partial charge is 0.401 e. The van der Waals surface area contributed by atoms with Crippen LogP contribution in [0.1, 0.15) is 32.6 Å². The zero-order valence-corrected chi connectivity index (χ0v) is 12.2. The molecule has 8 nitrogen and oxygen atoms in total. The van der Waals surface area contributed by atoms with Crippen molar-refractivity contribution in [1.29, 1.82) is 5.26 Å². The van der Waals surface area contributed by atoms with Crippen molar-refractivity contribution < 1.29 is 19.2 Å². The van der Waals surface area contributed by atoms with E-state index in [4.69, 9.17) is 11.0 Å². The van der Waals surface area contributed by atoms with Crippen molar-refractivity contribution in [3.8, 4) is 6.07 Å². The van der Waals surface area contributed by atoms with Gasteiger partial charge in [-0.15, -0.1) is 0 Å². The molecular formula is C14H16N4O4. The van der Waals surface area contributed by atoms with Crippen molar-refractivity contribution >= 4 is 23.6 Å². The lowest BCUT2D eigenvalue weighted by molar-refractivity contribution is -0.144. The van der Waals surface area contributed by atoms with Crippen molar-refractivity contribution in [2.24, 2.45) is 5.73 Å². The van der Waals surface area contributed by atoms with Crippen molar-refractivity contribution in [2.75, 3.05) is 6.54 Å². The second kappa shape index (κ2) is 5.97. The molecule has 0 unspecified atom stereocenters. The zero-order valence-electron chi connectivity index (χ0n) is 12.2. The first-order valence-corrected chi connectivity index (χ1v) is 6.97. The number of hydrogen-bond acceptors (Lipinski definition) is 6. The highest BCUT2D eigenvalue weighted by Crippen LogP contribution is 2.27. The van der Waals surface area contributed by atoms with Gasteiger partial charge in [0.05, 0.1) is 6.54 Å². The molecule has 0 bridgehead atoms. The number of rotatable bonds is 4. The van der Waals surface area contributed by atoms with Gasteiger partial charge in [0.1, 0.15) is 11.6 Å². The third-order valence-electron chi connectivity index (χ3n) is 3.86. The molecular weight excluding hydrogens is 288 g/mol. The number of imide groups is 2. The summed E-state index contributed by atoms with van der Waals surface area (Å²) in [7, 11) is 0. The molecule has 2 rings (SSSR count). The number of nitriles is 1. The number of ketones is 1. The van der Waals surface area contributed by atoms with Crippen molar-refractivity contribution in [1.82, 2.24) is 9.80 Å². The number of carbonyl (C=O) groups is 4. The lowest BCUT2D eigenvalue weighted by atomic mass is 10.1. The Morgan fingerprint density at radius 3 is 2.36 bits per heavy atom. The second-order valence-electron chi connectivity index (χ2n) is 5.38. The minimum Gasteiger partial charge on any atom is -0.401 e. The van der Waals surface area contributed by atoms with Gasteiger partial charge >= 0.3 is 17.8 Å². The van der Waals surface area contributed by atoms with Gasteiger partial charge in [0, 0.05) is 11.7 Å². The van der Waals surface area contributed by atoms with E-state index in [1.165, 1.54) is 6.92 Å². The summed E-state index contributed by atoms with van der Waals surface area (Å²) in [6.07, 6.45) is 3.11. The van der Waals surface area contributed by atoms with E-state index < -0.39 is 30.2 Å². The summed E-state index contributed by atoms with van der Waals surface area (Å²) in [4.78, 5) is 49.6. The first-order chi connectivity index (χ1) is 10.4. The predicted molar refractivity (Wildman–Crippen MR) is 73.7 cm³/mol. The summed E-state index contributed by atoms with van der Waals surface area (Å²) in [6, 6.07) is 0.564. The number of allylic oxidation sites excluding steroid dienone is 1. The van der Waals surface area contributed by atoms with Gasteiger partial charge in [0.25, 0.3) is 0 Å². The summed E-state index contributed by atoms with van der Waals surface area (Å²) in [5.74, 6) is -2.70. The maximum Gasteiger partial charge on any atom is 0.334 e. The SMILES string of the molecule is C/C(N)=C(\C#N)C(=O)CN1C(=O)C(=O)N(C2CCCC2)C1=O. The molecule has 0 spiro atoms. The quantitative estimate of drug-likeness (QED) is 0.338. The molecule has 2 fully saturated rings. The lowest BCUT2D eigenvalue weighted by Gasteiger charge is -2.20. The third kappa shape index (κ3) is 2.57. The van der Waals surface area contributed by atoms with E-state index in [9.17, 15) is 19.2 Å². The average Bonchev–Trinajstić information content (AvgIpc) is 3.03. The van der Waals surface area contributed by atoms with E-state index in [1.54, 1.807) is 6.07 Å². The van der Waals surface area contributed by atoms with Gasteiger partial charge in [-0.25, -0.2) is 9.69 Å². The van der Waals surface area contributed by atoms with Crippen LogP contribution in [0.25, 0.3) is 0 Å². The minimum atomic E-state index is -1.03. The van der Waals surface area contributed by atoms with Crippen LogP contribution in [-0.2, 0) is 14.4 Å². The van der Waals surface area contributed by atoms with Gasteiger partial charge in [-0.05, 0) is 19.8 Å². The van der Waals surface area contributed by atoms with Gasteiger partial charge in [-0.3, -0.25) is 19.3 Å². The van der Waals surface area contributed by atoms with Crippen molar-refractivity contribution in [3.05, 3.63) is 11.3 Å². The van der Waals surface area contributed by atoms with E-state index in [-0.39, 0.29) is 17.3 Å². The molecule has 0 aromatic carbocycles. The summed E-state index contributed by atoms with van der Waals surface area (Å²) in [5, 5.41) is 8.87. The fraction of sp³-hybridized carbons (Fsp3) is 0.500. The zero-order chi connectivity index (χ0) is 16.4. The molecule has 22 heavy (non-hydrogen) atoms.